The molecule has 2 aromatic carbocycles. The number of morpholine rings is 1. The molecule has 1 saturated heterocycles. The molecule has 1 N–H and O–H groups in total. The minimum absolute atomic E-state index is 0.0792. The maximum Gasteiger partial charge on any atom is 0.232 e. The van der Waals surface area contributed by atoms with Crippen LogP contribution < -0.4 is 4.90 Å². The summed E-state index contributed by atoms with van der Waals surface area (Å²) in [5.74, 6) is 1.15. The number of nitrogens with one attached hydrogen (secondary N) is 1. The number of thioether (sulfide) groups is 1. The van der Waals surface area contributed by atoms with Crippen molar-refractivity contribution in [3.8, 4) is 5.69 Å². The van der Waals surface area contributed by atoms with Crippen molar-refractivity contribution in [2.45, 2.75) is 12.1 Å². The molecule has 2 aromatic heterocycles. The Labute approximate surface area is 184 Å². The highest BCUT2D eigenvalue weighted by atomic mass is 32.2. The van der Waals surface area contributed by atoms with Crippen molar-refractivity contribution in [1.29, 1.82) is 0 Å². The first-order chi connectivity index (χ1) is 15.2. The average molecular weight is 434 g/mol. The predicted molar refractivity (Wildman–Crippen MR) is 122 cm³/mol. The van der Waals surface area contributed by atoms with Gasteiger partial charge < -0.3 is 14.6 Å². The fraction of sp³-hybridized carbons (Fsp3) is 0.261. The number of ether oxygens (including phenoxy) is 1. The molecule has 8 heteroatoms. The third-order valence-corrected chi connectivity index (χ3v) is 6.36. The molecule has 0 radical (unpaired) electrons. The van der Waals surface area contributed by atoms with Gasteiger partial charge in [-0.2, -0.15) is 0 Å². The number of Topliss-reactive ketones (excluding diaryl/α,β-unsaturated/α-hetero) is 1. The maximum absolute atomic E-state index is 13.1. The van der Waals surface area contributed by atoms with E-state index in [1.807, 2.05) is 66.1 Å². The van der Waals surface area contributed by atoms with E-state index in [1.165, 1.54) is 11.8 Å². The van der Waals surface area contributed by atoms with Crippen LogP contribution in [0.2, 0.25) is 0 Å². The number of nitrogens with zero attached hydrogens (tertiary/aromatic N) is 4. The number of para-hydroxylation sites is 2. The highest BCUT2D eigenvalue weighted by molar-refractivity contribution is 7.99. The number of hydrogen-bond acceptors (Lipinski definition) is 6. The second-order valence-electron chi connectivity index (χ2n) is 7.44. The Morgan fingerprint density at radius 2 is 1.81 bits per heavy atom. The number of fused-ring (bicyclic) bond motifs is 1. The minimum Gasteiger partial charge on any atom is -0.378 e. The third kappa shape index (κ3) is 3.84. The first-order valence-corrected chi connectivity index (χ1v) is 11.3. The number of hydrogen-bond donors (Lipinski definition) is 1. The summed E-state index contributed by atoms with van der Waals surface area (Å²) < 4.78 is 7.52. The fourth-order valence-corrected chi connectivity index (χ4v) is 4.78. The van der Waals surface area contributed by atoms with Crippen LogP contribution in [-0.2, 0) is 4.74 Å². The van der Waals surface area contributed by atoms with E-state index in [1.54, 1.807) is 0 Å². The average Bonchev–Trinajstić information content (AvgIpc) is 3.39. The summed E-state index contributed by atoms with van der Waals surface area (Å²) in [6.07, 6.45) is 0. The van der Waals surface area contributed by atoms with Crippen molar-refractivity contribution < 1.29 is 9.53 Å². The quantitative estimate of drug-likeness (QED) is 0.368. The first kappa shape index (κ1) is 19.8. The summed E-state index contributed by atoms with van der Waals surface area (Å²) in [5.41, 5.74) is 3.61. The normalized spacial score (nSPS) is 14.3. The molecule has 7 nitrogen and oxygen atoms in total. The number of aromatic amines is 1. The number of H-pyrrole nitrogens is 1. The van der Waals surface area contributed by atoms with Crippen LogP contribution in [0.3, 0.4) is 0 Å². The number of aryl methyl sites for hydroxylation is 1. The second-order valence-corrected chi connectivity index (χ2v) is 8.38. The van der Waals surface area contributed by atoms with E-state index in [0.717, 1.165) is 46.9 Å². The van der Waals surface area contributed by atoms with E-state index < -0.39 is 0 Å². The number of benzene rings is 2. The van der Waals surface area contributed by atoms with E-state index in [2.05, 4.69) is 20.1 Å². The van der Waals surface area contributed by atoms with E-state index >= 15 is 0 Å². The number of ketones is 1. The van der Waals surface area contributed by atoms with Gasteiger partial charge in [0.1, 0.15) is 0 Å². The summed E-state index contributed by atoms with van der Waals surface area (Å²) in [6.45, 7) is 4.82. The first-order valence-electron chi connectivity index (χ1n) is 10.3. The Bertz CT molecular complexity index is 1210. The molecule has 1 fully saturated rings. The Morgan fingerprint density at radius 3 is 2.61 bits per heavy atom. The van der Waals surface area contributed by atoms with Crippen LogP contribution in [0.1, 0.15) is 16.1 Å². The lowest BCUT2D eigenvalue weighted by atomic mass is 10.1. The lowest BCUT2D eigenvalue weighted by Crippen LogP contribution is -2.37. The maximum atomic E-state index is 13.1. The monoisotopic (exact) mass is 433 g/mol. The van der Waals surface area contributed by atoms with Crippen molar-refractivity contribution in [2.24, 2.45) is 0 Å². The smallest absolute Gasteiger partial charge is 0.232 e. The lowest BCUT2D eigenvalue weighted by molar-refractivity contribution is 0.102. The van der Waals surface area contributed by atoms with Gasteiger partial charge in [-0.25, -0.2) is 0 Å². The van der Waals surface area contributed by atoms with Gasteiger partial charge in [-0.05, 0) is 25.1 Å². The van der Waals surface area contributed by atoms with Crippen molar-refractivity contribution in [3.63, 3.8) is 0 Å². The van der Waals surface area contributed by atoms with Crippen LogP contribution in [-0.4, -0.2) is 57.6 Å². The number of rotatable bonds is 6. The molecule has 31 heavy (non-hydrogen) atoms. The minimum atomic E-state index is 0.0792. The molecule has 158 valence electrons. The molecule has 1 aliphatic heterocycles. The van der Waals surface area contributed by atoms with Gasteiger partial charge in [-0.1, -0.05) is 48.2 Å². The van der Waals surface area contributed by atoms with Crippen molar-refractivity contribution in [2.75, 3.05) is 37.0 Å². The highest BCUT2D eigenvalue weighted by Crippen LogP contribution is 2.29. The summed E-state index contributed by atoms with van der Waals surface area (Å²) in [4.78, 5) is 18.6. The van der Waals surface area contributed by atoms with Gasteiger partial charge >= 0.3 is 0 Å². The zero-order chi connectivity index (χ0) is 21.2. The van der Waals surface area contributed by atoms with Crippen molar-refractivity contribution >= 4 is 34.4 Å². The molecule has 4 aromatic rings. The van der Waals surface area contributed by atoms with Crippen LogP contribution in [0, 0.1) is 6.92 Å². The molecular weight excluding hydrogens is 410 g/mol. The van der Waals surface area contributed by atoms with E-state index in [9.17, 15) is 4.79 Å². The number of carbonyl (C=O) groups excluding carboxylic acids is 1. The van der Waals surface area contributed by atoms with Gasteiger partial charge in [-0.15, -0.1) is 10.2 Å². The Hall–Kier alpha value is -3.10. The number of aromatic nitrogens is 4. The molecule has 0 atom stereocenters. The summed E-state index contributed by atoms with van der Waals surface area (Å²) in [7, 11) is 0. The summed E-state index contributed by atoms with van der Waals surface area (Å²) in [5, 5.41) is 10.6. The zero-order valence-electron chi connectivity index (χ0n) is 17.2. The Morgan fingerprint density at radius 1 is 1.06 bits per heavy atom. The Kier molecular flexibility index (Phi) is 5.48. The van der Waals surface area contributed by atoms with Crippen LogP contribution >= 0.6 is 11.8 Å². The lowest BCUT2D eigenvalue weighted by Gasteiger charge is -2.27. The molecule has 0 amide bonds. The third-order valence-electron chi connectivity index (χ3n) is 5.43. The second kappa shape index (κ2) is 8.56. The molecule has 3 heterocycles. The van der Waals surface area contributed by atoms with Crippen LogP contribution in [0.4, 0.5) is 5.95 Å². The van der Waals surface area contributed by atoms with Gasteiger partial charge in [0.05, 0.1) is 24.7 Å². The molecule has 0 saturated carbocycles. The van der Waals surface area contributed by atoms with Crippen LogP contribution in [0.5, 0.6) is 0 Å². The molecule has 5 rings (SSSR count). The van der Waals surface area contributed by atoms with Gasteiger partial charge in [-0.3, -0.25) is 9.36 Å². The molecule has 1 aliphatic rings. The Balaban J connectivity index is 1.44. The van der Waals surface area contributed by atoms with Crippen molar-refractivity contribution in [3.05, 3.63) is 65.9 Å². The van der Waals surface area contributed by atoms with Gasteiger partial charge in [0, 0.05) is 35.2 Å². The van der Waals surface area contributed by atoms with Gasteiger partial charge in [0.15, 0.2) is 10.9 Å². The van der Waals surface area contributed by atoms with Gasteiger partial charge in [0.2, 0.25) is 5.95 Å². The molecular formula is C23H23N5O2S. The number of anilines is 1. The number of carbonyl (C=O) groups is 1. The zero-order valence-corrected chi connectivity index (χ0v) is 18.1. The SMILES string of the molecule is Cc1[nH]c2ccccc2c1C(=O)CSc1nnc(N2CCOCC2)n1-c1ccccc1. The van der Waals surface area contributed by atoms with E-state index in [0.29, 0.717) is 18.4 Å². The highest BCUT2D eigenvalue weighted by Gasteiger charge is 2.23. The molecule has 0 bridgehead atoms. The summed E-state index contributed by atoms with van der Waals surface area (Å²) in [6, 6.07) is 17.9. The van der Waals surface area contributed by atoms with Gasteiger partial charge in [0.25, 0.3) is 0 Å². The van der Waals surface area contributed by atoms with E-state index in [-0.39, 0.29) is 11.5 Å². The largest absolute Gasteiger partial charge is 0.378 e. The van der Waals surface area contributed by atoms with Crippen molar-refractivity contribution in [1.82, 2.24) is 19.7 Å². The van der Waals surface area contributed by atoms with Crippen LogP contribution in [0.15, 0.2) is 59.8 Å². The molecule has 0 aliphatic carbocycles. The molecule has 0 spiro atoms. The topological polar surface area (TPSA) is 76.0 Å². The standard InChI is InChI=1S/C23H23N5O2S/c1-16-21(18-9-5-6-10-19(18)24-16)20(29)15-31-23-26-25-22(27-11-13-30-14-12-27)28(23)17-7-3-2-4-8-17/h2-10,24H,11-15H2,1H3. The van der Waals surface area contributed by atoms with E-state index in [4.69, 9.17) is 4.74 Å². The summed E-state index contributed by atoms with van der Waals surface area (Å²) >= 11 is 1.42. The molecule has 0 unspecified atom stereocenters. The predicted octanol–water partition coefficient (Wildman–Crippen LogP) is 3.87. The van der Waals surface area contributed by atoms with Crippen LogP contribution in [0.25, 0.3) is 16.6 Å². The fourth-order valence-electron chi connectivity index (χ4n) is 3.97.